The van der Waals surface area contributed by atoms with Crippen molar-refractivity contribution in [3.8, 4) is 0 Å². The van der Waals surface area contributed by atoms with Crippen LogP contribution < -0.4 is 15.5 Å². The Hall–Kier alpha value is -0.320. The van der Waals surface area contributed by atoms with Gasteiger partial charge in [0, 0.05) is 45.4 Å². The number of hydrogen-bond acceptors (Lipinski definition) is 5. The summed E-state index contributed by atoms with van der Waals surface area (Å²) in [5.74, 6) is 0. The molecule has 0 aliphatic carbocycles. The third kappa shape index (κ3) is 5.30. The van der Waals surface area contributed by atoms with Gasteiger partial charge in [-0.2, -0.15) is 0 Å². The Bertz CT molecular complexity index is 491. The number of aliphatic hydroxyl groups is 2. The molecule has 1 unspecified atom stereocenters. The Balaban J connectivity index is 1.31. The molecule has 4 fully saturated rings. The van der Waals surface area contributed by atoms with Gasteiger partial charge in [0.15, 0.2) is 0 Å². The van der Waals surface area contributed by atoms with Crippen molar-refractivity contribution >= 4 is 0 Å². The van der Waals surface area contributed by atoms with Crippen LogP contribution in [0.4, 0.5) is 0 Å². The average molecular weight is 415 g/mol. The van der Waals surface area contributed by atoms with Crippen molar-refractivity contribution in [3.05, 3.63) is 0 Å². The Labute approximate surface area is 175 Å². The summed E-state index contributed by atoms with van der Waals surface area (Å²) in [6, 6.07) is 0.685. The summed E-state index contributed by atoms with van der Waals surface area (Å²) < 4.78 is 6.15. The van der Waals surface area contributed by atoms with Crippen molar-refractivity contribution in [2.45, 2.75) is 68.7 Å². The van der Waals surface area contributed by atoms with Crippen LogP contribution in [0, 0.1) is 0 Å². The molecule has 0 spiro atoms. The van der Waals surface area contributed by atoms with E-state index in [1.807, 2.05) is 0 Å². The quantitative estimate of drug-likeness (QED) is 0.302. The number of nitrogens with zero attached hydrogens (tertiary/aromatic N) is 2. The zero-order chi connectivity index (χ0) is 20.2. The molecule has 0 aromatic carbocycles. The minimum absolute atomic E-state index is 0.00180. The van der Waals surface area contributed by atoms with E-state index in [0.717, 1.165) is 32.7 Å². The molecule has 0 amide bonds. The number of ether oxygens (including phenoxy) is 1. The molecule has 29 heavy (non-hydrogen) atoms. The predicted octanol–water partition coefficient (Wildman–Crippen LogP) is -4.59. The fraction of sp³-hybridized carbons (Fsp3) is 1.00. The molecule has 4 rings (SSSR count). The van der Waals surface area contributed by atoms with Gasteiger partial charge in [0.05, 0.1) is 45.4 Å². The summed E-state index contributed by atoms with van der Waals surface area (Å²) in [6.45, 7) is 8.67. The lowest BCUT2D eigenvalue weighted by atomic mass is 10.00. The minimum atomic E-state index is -0.590. The summed E-state index contributed by atoms with van der Waals surface area (Å²) in [7, 11) is 2.28. The van der Waals surface area contributed by atoms with Gasteiger partial charge in [0.25, 0.3) is 0 Å². The highest BCUT2D eigenvalue weighted by atomic mass is 16.5. The van der Waals surface area contributed by atoms with Crippen LogP contribution in [0.2, 0.25) is 0 Å². The Morgan fingerprint density at radius 2 is 1.76 bits per heavy atom. The lowest BCUT2D eigenvalue weighted by Gasteiger charge is -2.42. The van der Waals surface area contributed by atoms with Crippen LogP contribution in [0.25, 0.3) is 0 Å². The standard InChI is InChI=1S/C21H41N5O3/c1-24-8-5-16(6-9-24)23-14-17-20(21(28)18(15-27)29-17)26-12-10-25(11-13-26)19-4-2-3-7-22-19/h16-23,27-28H,2-15H2,1H3/p+3/t17-,18-,19?,20-,21+/m0/s1. The van der Waals surface area contributed by atoms with E-state index in [4.69, 9.17) is 4.74 Å². The summed E-state index contributed by atoms with van der Waals surface area (Å²) in [4.78, 5) is 6.70. The van der Waals surface area contributed by atoms with E-state index >= 15 is 0 Å². The molecule has 7 N–H and O–H groups in total. The zero-order valence-electron chi connectivity index (χ0n) is 18.2. The van der Waals surface area contributed by atoms with Gasteiger partial charge in [0.1, 0.15) is 31.0 Å². The summed E-state index contributed by atoms with van der Waals surface area (Å²) in [5, 5.41) is 25.6. The number of quaternary nitrogens is 3. The van der Waals surface area contributed by atoms with Gasteiger partial charge in [-0.05, 0) is 12.8 Å². The second-order valence-electron chi connectivity index (χ2n) is 9.80. The van der Waals surface area contributed by atoms with Crippen molar-refractivity contribution in [2.24, 2.45) is 0 Å². The molecule has 0 aromatic heterocycles. The molecular formula is C21H44N5O3+3. The van der Waals surface area contributed by atoms with E-state index in [0.29, 0.717) is 12.2 Å². The van der Waals surface area contributed by atoms with E-state index in [1.165, 1.54) is 51.7 Å². The second kappa shape index (κ2) is 10.3. The van der Waals surface area contributed by atoms with E-state index in [2.05, 4.69) is 27.5 Å². The smallest absolute Gasteiger partial charge is 0.142 e. The van der Waals surface area contributed by atoms with E-state index in [-0.39, 0.29) is 18.8 Å². The van der Waals surface area contributed by atoms with Crippen molar-refractivity contribution < 1.29 is 30.5 Å². The predicted molar refractivity (Wildman–Crippen MR) is 110 cm³/mol. The van der Waals surface area contributed by atoms with Crippen LogP contribution in [-0.4, -0.2) is 123 Å². The first-order valence-electron chi connectivity index (χ1n) is 12.1. The molecule has 8 heteroatoms. The fourth-order valence-electron chi connectivity index (χ4n) is 5.94. The molecule has 8 nitrogen and oxygen atoms in total. The van der Waals surface area contributed by atoms with Crippen LogP contribution in [0.5, 0.6) is 0 Å². The van der Waals surface area contributed by atoms with Crippen molar-refractivity contribution in [2.75, 3.05) is 66.0 Å². The Kier molecular flexibility index (Phi) is 7.80. The molecule has 5 atom stereocenters. The van der Waals surface area contributed by atoms with E-state index < -0.39 is 12.2 Å². The number of aliphatic hydroxyl groups excluding tert-OH is 2. The van der Waals surface area contributed by atoms with Crippen molar-refractivity contribution in [3.63, 3.8) is 0 Å². The first kappa shape index (κ1) is 21.9. The zero-order valence-corrected chi connectivity index (χ0v) is 18.2. The van der Waals surface area contributed by atoms with E-state index in [1.54, 1.807) is 4.90 Å². The lowest BCUT2D eigenvalue weighted by Crippen LogP contribution is -3.12. The van der Waals surface area contributed by atoms with Gasteiger partial charge >= 0.3 is 0 Å². The third-order valence-electron chi connectivity index (χ3n) is 7.86. The number of rotatable bonds is 6. The van der Waals surface area contributed by atoms with Crippen LogP contribution >= 0.6 is 0 Å². The van der Waals surface area contributed by atoms with Gasteiger partial charge in [-0.3, -0.25) is 9.80 Å². The summed E-state index contributed by atoms with van der Waals surface area (Å²) in [6.07, 6.45) is 6.14. The van der Waals surface area contributed by atoms with Crippen LogP contribution in [-0.2, 0) is 4.74 Å². The maximum atomic E-state index is 10.9. The molecule has 4 saturated heterocycles. The highest BCUT2D eigenvalue weighted by Crippen LogP contribution is 2.26. The largest absolute Gasteiger partial charge is 0.394 e. The molecule has 4 heterocycles. The third-order valence-corrected chi connectivity index (χ3v) is 7.86. The summed E-state index contributed by atoms with van der Waals surface area (Å²) in [5.41, 5.74) is 0. The highest BCUT2D eigenvalue weighted by Gasteiger charge is 2.48. The van der Waals surface area contributed by atoms with Gasteiger partial charge in [0.2, 0.25) is 0 Å². The Morgan fingerprint density at radius 1 is 1.03 bits per heavy atom. The van der Waals surface area contributed by atoms with Gasteiger partial charge < -0.3 is 30.5 Å². The van der Waals surface area contributed by atoms with Crippen LogP contribution in [0.1, 0.15) is 32.1 Å². The van der Waals surface area contributed by atoms with Gasteiger partial charge in [-0.1, -0.05) is 0 Å². The first-order chi connectivity index (χ1) is 14.2. The van der Waals surface area contributed by atoms with Crippen LogP contribution in [0.3, 0.4) is 0 Å². The maximum Gasteiger partial charge on any atom is 0.142 e. The highest BCUT2D eigenvalue weighted by molar-refractivity contribution is 4.98. The summed E-state index contributed by atoms with van der Waals surface area (Å²) >= 11 is 0. The van der Waals surface area contributed by atoms with Crippen molar-refractivity contribution in [1.82, 2.24) is 9.80 Å². The monoisotopic (exact) mass is 414 g/mol. The molecule has 0 radical (unpaired) electrons. The van der Waals surface area contributed by atoms with Gasteiger partial charge in [-0.15, -0.1) is 0 Å². The first-order valence-corrected chi connectivity index (χ1v) is 12.1. The Morgan fingerprint density at radius 3 is 2.41 bits per heavy atom. The molecule has 0 bridgehead atoms. The number of piperidine rings is 2. The number of likely N-dealkylation sites (tertiary alicyclic amines) is 1. The SMILES string of the molecule is C[NH+]1CCC([NH2+]C[C@@H]2O[C@@H](CO)[C@@H](O)[C@H]2N2CCN(C3CCCC[NH2+]3)CC2)CC1. The van der Waals surface area contributed by atoms with E-state index in [9.17, 15) is 10.2 Å². The number of nitrogens with one attached hydrogen (secondary N) is 1. The lowest BCUT2D eigenvalue weighted by molar-refractivity contribution is -0.894. The van der Waals surface area contributed by atoms with Crippen molar-refractivity contribution in [1.29, 1.82) is 0 Å². The molecule has 168 valence electrons. The molecular weight excluding hydrogens is 370 g/mol. The fourth-order valence-corrected chi connectivity index (χ4v) is 5.94. The maximum absolute atomic E-state index is 10.9. The normalized spacial score (nSPS) is 42.9. The topological polar surface area (TPSA) is 93.8 Å². The molecule has 4 aliphatic rings. The molecule has 0 saturated carbocycles. The minimum Gasteiger partial charge on any atom is -0.394 e. The second-order valence-corrected chi connectivity index (χ2v) is 9.80. The molecule has 4 aliphatic heterocycles. The number of hydrogen-bond donors (Lipinski definition) is 5. The van der Waals surface area contributed by atoms with Gasteiger partial charge in [-0.25, -0.2) is 0 Å². The number of piperazine rings is 1. The van der Waals surface area contributed by atoms with Crippen LogP contribution in [0.15, 0.2) is 0 Å². The average Bonchev–Trinajstić information content (AvgIpc) is 3.09. The molecule has 0 aromatic rings. The number of nitrogens with two attached hydrogens (primary N) is 2.